The molecule has 176 valence electrons. The highest BCUT2D eigenvalue weighted by Gasteiger charge is 2.71. The van der Waals surface area contributed by atoms with Crippen molar-refractivity contribution in [3.63, 3.8) is 0 Å². The summed E-state index contributed by atoms with van der Waals surface area (Å²) in [5.74, 6) is 2.89. The van der Waals surface area contributed by atoms with Crippen LogP contribution in [0.2, 0.25) is 0 Å². The molecule has 32 heavy (non-hydrogen) atoms. The third kappa shape index (κ3) is 2.76. The fraction of sp³-hybridized carbons (Fsp3) is 0.821. The number of unbranched alkanes of at least 4 members (excludes halogenated alkanes) is 1. The van der Waals surface area contributed by atoms with Crippen LogP contribution in [-0.4, -0.2) is 23.1 Å². The second kappa shape index (κ2) is 7.27. The molecule has 0 bridgehead atoms. The molecular weight excluding hydrogens is 400 g/mol. The maximum Gasteiger partial charge on any atom is 0.306 e. The van der Waals surface area contributed by atoms with E-state index in [1.807, 2.05) is 6.08 Å². The summed E-state index contributed by atoms with van der Waals surface area (Å²) in [6, 6.07) is 0. The first-order valence-corrected chi connectivity index (χ1v) is 13.1. The topological polar surface area (TPSA) is 60.4 Å². The molecule has 4 heteroatoms. The summed E-state index contributed by atoms with van der Waals surface area (Å²) >= 11 is 0. The van der Waals surface area contributed by atoms with E-state index in [0.717, 1.165) is 44.9 Å². The quantitative estimate of drug-likeness (QED) is 0.516. The van der Waals surface area contributed by atoms with Gasteiger partial charge in [-0.1, -0.05) is 39.7 Å². The largest absolute Gasteiger partial charge is 0.450 e. The van der Waals surface area contributed by atoms with Gasteiger partial charge < -0.3 is 4.74 Å². The predicted molar refractivity (Wildman–Crippen MR) is 123 cm³/mol. The Hall–Kier alpha value is -1.45. The first-order chi connectivity index (χ1) is 15.1. The Labute approximate surface area is 192 Å². The zero-order chi connectivity index (χ0) is 23.1. The fourth-order valence-electron chi connectivity index (χ4n) is 9.24. The number of hydrogen-bond acceptors (Lipinski definition) is 4. The molecule has 0 radical (unpaired) electrons. The monoisotopic (exact) mass is 440 g/mol. The molecule has 4 nitrogen and oxygen atoms in total. The third-order valence-electron chi connectivity index (χ3n) is 10.9. The Morgan fingerprint density at radius 2 is 1.81 bits per heavy atom. The number of allylic oxidation sites excluding steroid dienone is 1. The minimum Gasteiger partial charge on any atom is -0.450 e. The van der Waals surface area contributed by atoms with Crippen LogP contribution in [0.1, 0.15) is 92.4 Å². The van der Waals surface area contributed by atoms with Crippen molar-refractivity contribution in [1.82, 2.24) is 0 Å². The highest BCUT2D eigenvalue weighted by atomic mass is 16.6. The molecule has 0 amide bonds. The van der Waals surface area contributed by atoms with Gasteiger partial charge in [0.25, 0.3) is 0 Å². The number of carbonyl (C=O) groups is 3. The smallest absolute Gasteiger partial charge is 0.306 e. The highest BCUT2D eigenvalue weighted by molar-refractivity contribution is 5.96. The van der Waals surface area contributed by atoms with Crippen molar-refractivity contribution in [1.29, 1.82) is 0 Å². The van der Waals surface area contributed by atoms with E-state index in [9.17, 15) is 14.4 Å². The molecule has 0 spiro atoms. The fourth-order valence-corrected chi connectivity index (χ4v) is 9.24. The van der Waals surface area contributed by atoms with Gasteiger partial charge in [0.15, 0.2) is 17.2 Å². The van der Waals surface area contributed by atoms with Crippen LogP contribution in [0.4, 0.5) is 0 Å². The number of fused-ring (bicyclic) bond motifs is 7. The van der Waals surface area contributed by atoms with Crippen molar-refractivity contribution in [2.75, 3.05) is 0 Å². The zero-order valence-corrected chi connectivity index (χ0v) is 20.5. The summed E-state index contributed by atoms with van der Waals surface area (Å²) in [6.07, 6.45) is 9.96. The van der Waals surface area contributed by atoms with Gasteiger partial charge in [0.1, 0.15) is 0 Å². The average Bonchev–Trinajstić information content (AvgIpc) is 3.49. The SMILES string of the molecule is CCCCC(=O)O[C@]1(C(C)=O)CC[C@H]2[C@@H]3C[C@H](C)C4=CC(=O)[C@@H]5C[C@@H]5[C@]4(C)[C@H]3CC[C@@]21C. The van der Waals surface area contributed by atoms with Gasteiger partial charge in [0.05, 0.1) is 0 Å². The molecule has 5 aliphatic carbocycles. The van der Waals surface area contributed by atoms with E-state index in [0.29, 0.717) is 48.2 Å². The molecule has 5 rings (SSSR count). The molecular formula is C28H40O4. The van der Waals surface area contributed by atoms with Gasteiger partial charge >= 0.3 is 5.97 Å². The maximum atomic E-state index is 13.1. The molecule has 9 atom stereocenters. The van der Waals surface area contributed by atoms with E-state index in [1.54, 1.807) is 6.92 Å². The Kier molecular flexibility index (Phi) is 5.08. The molecule has 5 aliphatic rings. The Morgan fingerprint density at radius 1 is 1.09 bits per heavy atom. The third-order valence-corrected chi connectivity index (χ3v) is 10.9. The maximum absolute atomic E-state index is 13.1. The summed E-state index contributed by atoms with van der Waals surface area (Å²) in [5, 5.41) is 0. The van der Waals surface area contributed by atoms with E-state index in [2.05, 4.69) is 27.7 Å². The summed E-state index contributed by atoms with van der Waals surface area (Å²) in [5.41, 5.74) is 0.292. The minimum absolute atomic E-state index is 0.0342. The van der Waals surface area contributed by atoms with Crippen LogP contribution >= 0.6 is 0 Å². The molecule has 4 fully saturated rings. The zero-order valence-electron chi connectivity index (χ0n) is 20.5. The van der Waals surface area contributed by atoms with Crippen molar-refractivity contribution in [3.05, 3.63) is 11.6 Å². The summed E-state index contributed by atoms with van der Waals surface area (Å²) in [4.78, 5) is 38.4. The Morgan fingerprint density at radius 3 is 2.50 bits per heavy atom. The van der Waals surface area contributed by atoms with E-state index in [4.69, 9.17) is 4.74 Å². The number of carbonyl (C=O) groups excluding carboxylic acids is 3. The van der Waals surface area contributed by atoms with E-state index in [-0.39, 0.29) is 28.5 Å². The van der Waals surface area contributed by atoms with Crippen LogP contribution < -0.4 is 0 Å². The van der Waals surface area contributed by atoms with Gasteiger partial charge in [0, 0.05) is 17.8 Å². The first kappa shape index (κ1) is 22.3. The average molecular weight is 441 g/mol. The minimum atomic E-state index is -0.960. The Bertz CT molecular complexity index is 888. The number of rotatable bonds is 5. The normalized spacial score (nSPS) is 48.7. The second-order valence-electron chi connectivity index (χ2n) is 12.2. The summed E-state index contributed by atoms with van der Waals surface area (Å²) in [6.45, 7) is 10.7. The molecule has 0 aromatic carbocycles. The number of ketones is 2. The predicted octanol–water partition coefficient (Wildman–Crippen LogP) is 5.68. The van der Waals surface area contributed by atoms with Crippen molar-refractivity contribution < 1.29 is 19.1 Å². The van der Waals surface area contributed by atoms with Crippen LogP contribution in [-0.2, 0) is 19.1 Å². The first-order valence-electron chi connectivity index (χ1n) is 13.1. The second-order valence-corrected chi connectivity index (χ2v) is 12.2. The number of esters is 1. The molecule has 0 aromatic rings. The van der Waals surface area contributed by atoms with Crippen molar-refractivity contribution in [2.24, 2.45) is 46.3 Å². The molecule has 0 heterocycles. The summed E-state index contributed by atoms with van der Waals surface area (Å²) in [7, 11) is 0. The molecule has 0 unspecified atom stereocenters. The van der Waals surface area contributed by atoms with Crippen LogP contribution in [0.3, 0.4) is 0 Å². The number of hydrogen-bond donors (Lipinski definition) is 0. The lowest BCUT2D eigenvalue weighted by atomic mass is 9.44. The lowest BCUT2D eigenvalue weighted by Gasteiger charge is -2.60. The van der Waals surface area contributed by atoms with Gasteiger partial charge in [-0.2, -0.15) is 0 Å². The molecule has 0 saturated heterocycles. The highest BCUT2D eigenvalue weighted by Crippen LogP contribution is 2.73. The van der Waals surface area contributed by atoms with E-state index >= 15 is 0 Å². The van der Waals surface area contributed by atoms with Gasteiger partial charge in [0.2, 0.25) is 0 Å². The Balaban J connectivity index is 1.48. The molecule has 4 saturated carbocycles. The van der Waals surface area contributed by atoms with Crippen LogP contribution in [0.25, 0.3) is 0 Å². The van der Waals surface area contributed by atoms with Gasteiger partial charge in [-0.25, -0.2) is 0 Å². The van der Waals surface area contributed by atoms with E-state index in [1.165, 1.54) is 5.57 Å². The lowest BCUT2D eigenvalue weighted by Crippen LogP contribution is -2.59. The van der Waals surface area contributed by atoms with Crippen molar-refractivity contribution >= 4 is 17.5 Å². The van der Waals surface area contributed by atoms with Crippen LogP contribution in [0, 0.1) is 46.3 Å². The molecule has 0 N–H and O–H groups in total. The molecule has 0 aromatic heterocycles. The van der Waals surface area contributed by atoms with Crippen LogP contribution in [0.5, 0.6) is 0 Å². The van der Waals surface area contributed by atoms with Crippen molar-refractivity contribution in [2.45, 2.75) is 98.0 Å². The van der Waals surface area contributed by atoms with Gasteiger partial charge in [-0.05, 0) is 93.0 Å². The van der Waals surface area contributed by atoms with Crippen molar-refractivity contribution in [3.8, 4) is 0 Å². The summed E-state index contributed by atoms with van der Waals surface area (Å²) < 4.78 is 6.17. The molecule has 0 aliphatic heterocycles. The van der Waals surface area contributed by atoms with Gasteiger partial charge in [-0.15, -0.1) is 0 Å². The lowest BCUT2D eigenvalue weighted by molar-refractivity contribution is -0.190. The van der Waals surface area contributed by atoms with Crippen LogP contribution in [0.15, 0.2) is 11.6 Å². The number of ether oxygens (including phenoxy) is 1. The standard InChI is InChI=1S/C28H40O4/c1-6-7-8-25(31)32-28(17(3)29)12-10-20-18-13-16(2)22-15-24(30)19-14-23(19)27(22,5)21(18)9-11-26(20,28)4/h15-16,18-21,23H,6-14H2,1-5H3/t16-,18-,19+,20-,21-,23-,26-,27+,28-/m0/s1. The number of Topliss-reactive ketones (excluding diaryl/α,β-unsaturated/α-hetero) is 1. The van der Waals surface area contributed by atoms with E-state index < -0.39 is 5.60 Å². The van der Waals surface area contributed by atoms with Gasteiger partial charge in [-0.3, -0.25) is 14.4 Å².